The number of carboxylic acid groups (broad SMARTS) is 6. The highest BCUT2D eigenvalue weighted by Crippen LogP contribution is 2.18. The first-order valence-electron chi connectivity index (χ1n) is 33.0. The van der Waals surface area contributed by atoms with Gasteiger partial charge < -0.3 is 77.9 Å². The Labute approximate surface area is 578 Å². The number of esters is 1. The normalized spacial score (nSPS) is 14.3. The van der Waals surface area contributed by atoms with Gasteiger partial charge in [0.2, 0.25) is 35.4 Å². The van der Waals surface area contributed by atoms with Gasteiger partial charge in [-0.3, -0.25) is 72.3 Å². The third-order valence-electron chi connectivity index (χ3n) is 16.1. The Balaban J connectivity index is 1.25. The first kappa shape index (κ1) is 82.3. The second-order valence-corrected chi connectivity index (χ2v) is 24.1. The molecule has 1 fully saturated rings. The van der Waals surface area contributed by atoms with Crippen molar-refractivity contribution in [1.82, 2.24) is 56.8 Å². The molecule has 0 bridgehead atoms. The smallest absolute Gasteiger partial charge is 0.326 e. The molecule has 3 aromatic rings. The summed E-state index contributed by atoms with van der Waals surface area (Å²) in [5, 5.41) is 77.4. The Morgan fingerprint density at radius 3 is 1.45 bits per heavy atom. The van der Waals surface area contributed by atoms with Crippen molar-refractivity contribution in [2.24, 2.45) is 0 Å². The number of rotatable bonds is 46. The third-order valence-corrected chi connectivity index (χ3v) is 16.1. The van der Waals surface area contributed by atoms with Crippen LogP contribution >= 0.6 is 0 Å². The molecule has 548 valence electrons. The number of ether oxygens (including phenoxy) is 1. The van der Waals surface area contributed by atoms with Gasteiger partial charge in [-0.2, -0.15) is 0 Å². The van der Waals surface area contributed by atoms with Crippen LogP contribution in [0.5, 0.6) is 0 Å². The lowest BCUT2D eigenvalue weighted by atomic mass is 10.0. The zero-order chi connectivity index (χ0) is 73.4. The van der Waals surface area contributed by atoms with Gasteiger partial charge in [0, 0.05) is 122 Å². The summed E-state index contributed by atoms with van der Waals surface area (Å²) >= 11 is 0. The molecule has 1 saturated heterocycles. The highest BCUT2D eigenvalue weighted by molar-refractivity contribution is 5.94. The lowest BCUT2D eigenvalue weighted by molar-refractivity contribution is -0.144. The number of hydrogen-bond acceptors (Lipinski definition) is 19. The van der Waals surface area contributed by atoms with Crippen LogP contribution in [-0.4, -0.2) is 262 Å². The first-order chi connectivity index (χ1) is 47.7. The SMILES string of the molecule is COC(=O)CN1CCN(CC(=O)O)CCN(CC(Cc2ccc(NC(=O)CCC(=O)NCCNC(=O)C(Cc3ccccc3)NC(=O)C(Cc3ccccc3)NC(=O)CCCCCCCNC(=O)CCC(NC(=O)NC(CCC(=O)O)C(=O)O)C(=O)O)cc2)N(CC(=O)O)CC(=O)O)CC1. The number of nitrogens with one attached hydrogen (secondary N) is 8. The van der Waals surface area contributed by atoms with E-state index in [0.29, 0.717) is 82.6 Å². The molecular weight excluding hydrogens is 1310 g/mol. The number of carbonyl (C=O) groups excluding carboxylic acids is 8. The van der Waals surface area contributed by atoms with E-state index in [1.54, 1.807) is 89.8 Å². The molecule has 0 saturated carbocycles. The zero-order valence-corrected chi connectivity index (χ0v) is 56.1. The van der Waals surface area contributed by atoms with Gasteiger partial charge in [-0.15, -0.1) is 0 Å². The van der Waals surface area contributed by atoms with Crippen molar-refractivity contribution in [3.8, 4) is 0 Å². The summed E-state index contributed by atoms with van der Waals surface area (Å²) in [6, 6.07) is 17.4. The number of anilines is 1. The number of carboxylic acids is 6. The standard InChI is InChI=1S/C67H94N12O21/c1-100-62(92)44-78-35-32-76(31-33-77(34-36-78)41-59(86)87)40-49(79(42-60(88)89)43-61(90)91)37-47-18-20-48(21-19-47)71-57(83)26-25-55(81)69-29-30-70-63(93)52(38-45-13-7-5-8-14-45)73-64(94)53(39-46-15-9-6-10-16-46)72-56(82)17-11-3-2-4-12-28-68-54(80)24-22-50(65(95)96)74-67(99)75-51(66(97)98)23-27-58(84)85/h5-10,13-16,18-21,49-53H,2-4,11-12,17,22-44H2,1H3,(H,68,80)(H,69,81)(H,70,93)(H,71,83)(H,72,82)(H,73,94)(H,84,85)(H,86,87)(H,88,89)(H,90,91)(H,95,96)(H,97,98)(H2,74,75,99). The topological polar surface area (TPSA) is 479 Å². The second kappa shape index (κ2) is 45.5. The number of carbonyl (C=O) groups is 14. The largest absolute Gasteiger partial charge is 0.481 e. The summed E-state index contributed by atoms with van der Waals surface area (Å²) in [6.45, 7) is 1.10. The molecule has 0 radical (unpaired) electrons. The number of hydrogen-bond donors (Lipinski definition) is 14. The summed E-state index contributed by atoms with van der Waals surface area (Å²) in [4.78, 5) is 181. The third kappa shape index (κ3) is 34.9. The molecule has 5 atom stereocenters. The van der Waals surface area contributed by atoms with Crippen LogP contribution in [0.25, 0.3) is 0 Å². The summed E-state index contributed by atoms with van der Waals surface area (Å²) in [5.74, 6) is -11.3. The fourth-order valence-corrected chi connectivity index (χ4v) is 10.8. The molecule has 3 aromatic carbocycles. The maximum Gasteiger partial charge on any atom is 0.326 e. The maximum absolute atomic E-state index is 14.1. The highest BCUT2D eigenvalue weighted by atomic mass is 16.5. The molecule has 1 heterocycles. The molecule has 0 aromatic heterocycles. The fourth-order valence-electron chi connectivity index (χ4n) is 10.8. The van der Waals surface area contributed by atoms with Gasteiger partial charge in [-0.05, 0) is 60.9 Å². The fraction of sp³-hybridized carbons (Fsp3) is 0.522. The number of urea groups is 1. The van der Waals surface area contributed by atoms with E-state index < -0.39 is 139 Å². The average Bonchev–Trinajstić information content (AvgIpc) is 1.10. The van der Waals surface area contributed by atoms with Crippen molar-refractivity contribution in [3.05, 3.63) is 102 Å². The molecule has 14 N–H and O–H groups in total. The van der Waals surface area contributed by atoms with E-state index in [1.165, 1.54) is 12.0 Å². The summed E-state index contributed by atoms with van der Waals surface area (Å²) in [7, 11) is 1.27. The van der Waals surface area contributed by atoms with Crippen molar-refractivity contribution in [3.63, 3.8) is 0 Å². The van der Waals surface area contributed by atoms with Crippen molar-refractivity contribution >= 4 is 88.9 Å². The molecule has 33 nitrogen and oxygen atoms in total. The van der Waals surface area contributed by atoms with E-state index in [-0.39, 0.29) is 90.6 Å². The predicted molar refractivity (Wildman–Crippen MR) is 359 cm³/mol. The Morgan fingerprint density at radius 1 is 0.430 bits per heavy atom. The van der Waals surface area contributed by atoms with Crippen molar-refractivity contribution in [1.29, 1.82) is 0 Å². The van der Waals surface area contributed by atoms with Crippen molar-refractivity contribution in [2.45, 2.75) is 127 Å². The van der Waals surface area contributed by atoms with Gasteiger partial charge >= 0.3 is 47.8 Å². The molecule has 33 heteroatoms. The second-order valence-electron chi connectivity index (χ2n) is 24.1. The van der Waals surface area contributed by atoms with Crippen molar-refractivity contribution in [2.75, 3.05) is 104 Å². The van der Waals surface area contributed by atoms with E-state index in [4.69, 9.17) is 9.84 Å². The van der Waals surface area contributed by atoms with E-state index in [2.05, 4.69) is 37.2 Å². The minimum Gasteiger partial charge on any atom is -0.481 e. The predicted octanol–water partition coefficient (Wildman–Crippen LogP) is -0.0404. The molecule has 8 amide bonds. The van der Waals surface area contributed by atoms with Gasteiger partial charge in [0.05, 0.1) is 33.3 Å². The molecule has 1 aliphatic heterocycles. The number of methoxy groups -OCH3 is 1. The molecule has 0 spiro atoms. The van der Waals surface area contributed by atoms with Crippen LogP contribution in [0.2, 0.25) is 0 Å². The molecule has 5 unspecified atom stereocenters. The first-order valence-corrected chi connectivity index (χ1v) is 33.0. The maximum atomic E-state index is 14.1. The minimum atomic E-state index is -1.58. The van der Waals surface area contributed by atoms with Crippen molar-refractivity contribution < 1.29 is 102 Å². The Bertz CT molecular complexity index is 3170. The van der Waals surface area contributed by atoms with Crippen LogP contribution in [0.15, 0.2) is 84.9 Å². The number of amides is 8. The number of benzene rings is 3. The van der Waals surface area contributed by atoms with Crippen LogP contribution in [0.4, 0.5) is 10.5 Å². The zero-order valence-electron chi connectivity index (χ0n) is 56.1. The lowest BCUT2D eigenvalue weighted by Crippen LogP contribution is -2.55. The number of nitrogens with zero attached hydrogens (tertiary/aromatic N) is 4. The quantitative estimate of drug-likeness (QED) is 0.0261. The average molecular weight is 1400 g/mol. The summed E-state index contributed by atoms with van der Waals surface area (Å²) in [6.07, 6.45) is 1.44. The van der Waals surface area contributed by atoms with E-state index in [9.17, 15) is 92.7 Å². The summed E-state index contributed by atoms with van der Waals surface area (Å²) in [5.41, 5.74) is 2.53. The minimum absolute atomic E-state index is 0.0311. The van der Waals surface area contributed by atoms with E-state index in [1.807, 2.05) is 15.1 Å². The van der Waals surface area contributed by atoms with E-state index >= 15 is 0 Å². The van der Waals surface area contributed by atoms with Crippen LogP contribution in [0, 0.1) is 0 Å². The number of aliphatic carboxylic acids is 6. The molecule has 4 rings (SSSR count). The van der Waals surface area contributed by atoms with Gasteiger partial charge in [-0.25, -0.2) is 14.4 Å². The highest BCUT2D eigenvalue weighted by Gasteiger charge is 2.31. The van der Waals surface area contributed by atoms with E-state index in [0.717, 1.165) is 11.1 Å². The molecule has 0 aliphatic carbocycles. The Hall–Kier alpha value is -10.1. The van der Waals surface area contributed by atoms with Crippen LogP contribution in [-0.2, 0) is 86.3 Å². The van der Waals surface area contributed by atoms with Crippen LogP contribution < -0.4 is 42.5 Å². The number of unbranched alkanes of at least 4 members (excludes halogenated alkanes) is 4. The monoisotopic (exact) mass is 1400 g/mol. The van der Waals surface area contributed by atoms with Gasteiger partial charge in [-0.1, -0.05) is 92.1 Å². The lowest BCUT2D eigenvalue weighted by Gasteiger charge is -2.35. The molecule has 1 aliphatic rings. The summed E-state index contributed by atoms with van der Waals surface area (Å²) < 4.78 is 4.86. The Kier molecular flexibility index (Phi) is 37.4. The van der Waals surface area contributed by atoms with Crippen LogP contribution in [0.3, 0.4) is 0 Å². The Morgan fingerprint density at radius 2 is 0.910 bits per heavy atom. The molecule has 100 heavy (non-hydrogen) atoms. The molecular formula is C67H94N12O21. The van der Waals surface area contributed by atoms with Gasteiger partial charge in [0.15, 0.2) is 0 Å². The van der Waals surface area contributed by atoms with Gasteiger partial charge in [0.25, 0.3) is 0 Å². The van der Waals surface area contributed by atoms with Crippen LogP contribution in [0.1, 0.15) is 93.7 Å². The van der Waals surface area contributed by atoms with Gasteiger partial charge in [0.1, 0.15) is 24.2 Å².